The van der Waals surface area contributed by atoms with Gasteiger partial charge in [0, 0.05) is 7.11 Å². The maximum absolute atomic E-state index is 9.42. The maximum atomic E-state index is 9.42. The lowest BCUT2D eigenvalue weighted by Gasteiger charge is -2.11. The first-order chi connectivity index (χ1) is 4.66. The fourth-order valence-corrected chi connectivity index (χ4v) is 0.984. The lowest BCUT2D eigenvalue weighted by atomic mass is 10.1. The molecule has 0 aliphatic heterocycles. The van der Waals surface area contributed by atoms with Gasteiger partial charge in [0.25, 0.3) is 0 Å². The Balaban J connectivity index is 2.04. The van der Waals surface area contributed by atoms with Gasteiger partial charge in [-0.2, -0.15) is 0 Å². The molecule has 1 fully saturated rings. The molecule has 0 amide bonds. The summed E-state index contributed by atoms with van der Waals surface area (Å²) in [5.74, 6) is 0. The Kier molecular flexibility index (Phi) is 2.32. The third-order valence-electron chi connectivity index (χ3n) is 2.25. The molecule has 1 saturated carbocycles. The zero-order valence-corrected chi connectivity index (χ0v) is 6.76. The summed E-state index contributed by atoms with van der Waals surface area (Å²) in [4.78, 5) is 0. The van der Waals surface area contributed by atoms with Gasteiger partial charge in [-0.1, -0.05) is 0 Å². The predicted molar refractivity (Wildman–Crippen MR) is 39.9 cm³/mol. The third-order valence-corrected chi connectivity index (χ3v) is 2.25. The van der Waals surface area contributed by atoms with Gasteiger partial charge in [0.15, 0.2) is 0 Å². The number of hydrogen-bond acceptors (Lipinski definition) is 2. The monoisotopic (exact) mass is 144 g/mol. The summed E-state index contributed by atoms with van der Waals surface area (Å²) in [7, 11) is 1.71. The molecule has 0 heterocycles. The van der Waals surface area contributed by atoms with E-state index in [1.54, 1.807) is 7.11 Å². The van der Waals surface area contributed by atoms with E-state index in [9.17, 15) is 5.11 Å². The zero-order chi connectivity index (χ0) is 7.61. The largest absolute Gasteiger partial charge is 0.390 e. The van der Waals surface area contributed by atoms with Crippen molar-refractivity contribution in [2.75, 3.05) is 7.11 Å². The van der Waals surface area contributed by atoms with Crippen molar-refractivity contribution in [3.05, 3.63) is 0 Å². The zero-order valence-electron chi connectivity index (χ0n) is 6.76. The highest BCUT2D eigenvalue weighted by Gasteiger charge is 2.39. The van der Waals surface area contributed by atoms with Crippen LogP contribution in [0.2, 0.25) is 0 Å². The van der Waals surface area contributed by atoms with Gasteiger partial charge in [0.2, 0.25) is 0 Å². The van der Waals surface area contributed by atoms with Gasteiger partial charge in [-0.3, -0.25) is 0 Å². The molecule has 1 aliphatic rings. The number of rotatable bonds is 4. The van der Waals surface area contributed by atoms with Crippen LogP contribution in [0.15, 0.2) is 0 Å². The molecule has 0 bridgehead atoms. The quantitative estimate of drug-likeness (QED) is 0.645. The molecule has 0 saturated heterocycles. The van der Waals surface area contributed by atoms with Crippen LogP contribution in [-0.4, -0.2) is 23.9 Å². The summed E-state index contributed by atoms with van der Waals surface area (Å²) < 4.78 is 5.06. The van der Waals surface area contributed by atoms with Crippen LogP contribution < -0.4 is 0 Å². The van der Waals surface area contributed by atoms with E-state index < -0.39 is 0 Å². The second-order valence-electron chi connectivity index (χ2n) is 3.31. The van der Waals surface area contributed by atoms with Gasteiger partial charge in [0.05, 0.1) is 11.7 Å². The SMILES string of the molecule is COC(C)CCC1(O)CC1. The van der Waals surface area contributed by atoms with Crippen molar-refractivity contribution >= 4 is 0 Å². The van der Waals surface area contributed by atoms with Gasteiger partial charge in [-0.15, -0.1) is 0 Å². The van der Waals surface area contributed by atoms with Crippen molar-refractivity contribution in [2.24, 2.45) is 0 Å². The van der Waals surface area contributed by atoms with Gasteiger partial charge < -0.3 is 9.84 Å². The van der Waals surface area contributed by atoms with Crippen molar-refractivity contribution in [1.29, 1.82) is 0 Å². The maximum Gasteiger partial charge on any atom is 0.0651 e. The van der Waals surface area contributed by atoms with E-state index in [-0.39, 0.29) is 5.60 Å². The minimum Gasteiger partial charge on any atom is -0.390 e. The Bertz CT molecular complexity index is 108. The lowest BCUT2D eigenvalue weighted by molar-refractivity contribution is 0.0763. The first-order valence-electron chi connectivity index (χ1n) is 3.91. The predicted octanol–water partition coefficient (Wildman–Crippen LogP) is 1.33. The van der Waals surface area contributed by atoms with E-state index in [1.165, 1.54) is 0 Å². The molecule has 2 nitrogen and oxygen atoms in total. The van der Waals surface area contributed by atoms with Crippen LogP contribution in [0.25, 0.3) is 0 Å². The molecular formula is C8H16O2. The highest BCUT2D eigenvalue weighted by molar-refractivity contribution is 4.93. The second-order valence-corrected chi connectivity index (χ2v) is 3.31. The molecule has 10 heavy (non-hydrogen) atoms. The molecule has 0 aromatic carbocycles. The van der Waals surface area contributed by atoms with Crippen LogP contribution in [0.3, 0.4) is 0 Å². The highest BCUT2D eigenvalue weighted by Crippen LogP contribution is 2.39. The summed E-state index contributed by atoms with van der Waals surface area (Å²) >= 11 is 0. The van der Waals surface area contributed by atoms with E-state index in [1.807, 2.05) is 6.92 Å². The average Bonchev–Trinajstić information content (AvgIpc) is 2.64. The van der Waals surface area contributed by atoms with Gasteiger partial charge in [0.1, 0.15) is 0 Å². The molecule has 1 unspecified atom stereocenters. The first-order valence-corrected chi connectivity index (χ1v) is 3.91. The molecule has 0 spiro atoms. The van der Waals surface area contributed by atoms with E-state index in [0.717, 1.165) is 25.7 Å². The number of ether oxygens (including phenoxy) is 1. The summed E-state index contributed by atoms with van der Waals surface area (Å²) in [5, 5.41) is 9.42. The Morgan fingerprint density at radius 2 is 2.20 bits per heavy atom. The third kappa shape index (κ3) is 2.27. The van der Waals surface area contributed by atoms with Gasteiger partial charge in [-0.05, 0) is 32.6 Å². The first kappa shape index (κ1) is 8.02. The minimum absolute atomic E-state index is 0.296. The summed E-state index contributed by atoms with van der Waals surface area (Å²) in [6.07, 6.45) is 4.16. The Morgan fingerprint density at radius 1 is 1.60 bits per heavy atom. The number of aliphatic hydroxyl groups is 1. The summed E-state index contributed by atoms with van der Waals surface area (Å²) in [6, 6.07) is 0. The van der Waals surface area contributed by atoms with Crippen molar-refractivity contribution < 1.29 is 9.84 Å². The van der Waals surface area contributed by atoms with Crippen LogP contribution >= 0.6 is 0 Å². The van der Waals surface area contributed by atoms with Crippen LogP contribution in [0, 0.1) is 0 Å². The van der Waals surface area contributed by atoms with Crippen LogP contribution in [0.1, 0.15) is 32.6 Å². The van der Waals surface area contributed by atoms with Crippen LogP contribution in [0.5, 0.6) is 0 Å². The van der Waals surface area contributed by atoms with Crippen molar-refractivity contribution in [3.63, 3.8) is 0 Å². The average molecular weight is 144 g/mol. The minimum atomic E-state index is -0.299. The molecule has 1 N–H and O–H groups in total. The molecule has 60 valence electrons. The van der Waals surface area contributed by atoms with Crippen molar-refractivity contribution in [2.45, 2.75) is 44.3 Å². The van der Waals surface area contributed by atoms with Crippen LogP contribution in [0.4, 0.5) is 0 Å². The molecule has 0 radical (unpaired) electrons. The molecule has 1 atom stereocenters. The topological polar surface area (TPSA) is 29.5 Å². The highest BCUT2D eigenvalue weighted by atomic mass is 16.5. The lowest BCUT2D eigenvalue weighted by Crippen LogP contribution is -2.12. The molecule has 0 aromatic heterocycles. The normalized spacial score (nSPS) is 24.3. The standard InChI is InChI=1S/C8H16O2/c1-7(10-2)3-4-8(9)5-6-8/h7,9H,3-6H2,1-2H3. The fourth-order valence-electron chi connectivity index (χ4n) is 0.984. The van der Waals surface area contributed by atoms with Crippen LogP contribution in [-0.2, 0) is 4.74 Å². The van der Waals surface area contributed by atoms with Gasteiger partial charge in [-0.25, -0.2) is 0 Å². The second kappa shape index (κ2) is 2.89. The molecular weight excluding hydrogens is 128 g/mol. The Labute approximate surface area is 62.2 Å². The van der Waals surface area contributed by atoms with Crippen molar-refractivity contribution in [1.82, 2.24) is 0 Å². The number of hydrogen-bond donors (Lipinski definition) is 1. The smallest absolute Gasteiger partial charge is 0.0651 e. The summed E-state index contributed by atoms with van der Waals surface area (Å²) in [6.45, 7) is 2.03. The Hall–Kier alpha value is -0.0800. The molecule has 0 aromatic rings. The number of methoxy groups -OCH3 is 1. The Morgan fingerprint density at radius 3 is 2.60 bits per heavy atom. The van der Waals surface area contributed by atoms with E-state index in [4.69, 9.17) is 4.74 Å². The fraction of sp³-hybridized carbons (Fsp3) is 1.00. The molecule has 1 aliphatic carbocycles. The van der Waals surface area contributed by atoms with E-state index in [0.29, 0.717) is 6.10 Å². The van der Waals surface area contributed by atoms with E-state index in [2.05, 4.69) is 0 Å². The van der Waals surface area contributed by atoms with Crippen molar-refractivity contribution in [3.8, 4) is 0 Å². The molecule has 2 heteroatoms. The summed E-state index contributed by atoms with van der Waals surface area (Å²) in [5.41, 5.74) is -0.299. The van der Waals surface area contributed by atoms with Gasteiger partial charge >= 0.3 is 0 Å². The molecule has 1 rings (SSSR count). The van der Waals surface area contributed by atoms with E-state index >= 15 is 0 Å².